The molecule has 1 aliphatic rings. The summed E-state index contributed by atoms with van der Waals surface area (Å²) in [6.07, 6.45) is 1.77. The van der Waals surface area contributed by atoms with Crippen LogP contribution in [-0.2, 0) is 4.79 Å². The zero-order valence-corrected chi connectivity index (χ0v) is 17.6. The first-order valence-electron chi connectivity index (χ1n) is 7.05. The summed E-state index contributed by atoms with van der Waals surface area (Å²) < 4.78 is 7.09. The number of amides is 1. The number of nitrogens with zero attached hydrogens (tertiary/aromatic N) is 1. The third kappa shape index (κ3) is 4.28. The zero-order valence-electron chi connectivity index (χ0n) is 12.8. The molecular weight excluding hydrogens is 492 g/mol. The third-order valence-electron chi connectivity index (χ3n) is 3.25. The van der Waals surface area contributed by atoms with E-state index in [2.05, 4.69) is 42.2 Å². The van der Waals surface area contributed by atoms with Gasteiger partial charge in [0, 0.05) is 10.0 Å². The van der Waals surface area contributed by atoms with Crippen molar-refractivity contribution in [2.75, 3.05) is 7.11 Å². The molecule has 4 nitrogen and oxygen atoms in total. The van der Waals surface area contributed by atoms with Crippen LogP contribution in [-0.4, -0.2) is 18.2 Å². The highest BCUT2D eigenvalue weighted by atomic mass is 79.9. The van der Waals surface area contributed by atoms with Gasteiger partial charge in [0.2, 0.25) is 0 Å². The maximum Gasteiger partial charge on any atom is 0.264 e. The number of benzene rings is 2. The summed E-state index contributed by atoms with van der Waals surface area (Å²) in [5.41, 5.74) is 1.39. The summed E-state index contributed by atoms with van der Waals surface area (Å²) in [6, 6.07) is 11.0. The molecule has 128 valence electrons. The molecule has 1 heterocycles. The predicted molar refractivity (Wildman–Crippen MR) is 111 cm³/mol. The Balaban J connectivity index is 1.94. The molecule has 8 heteroatoms. The number of carbonyl (C=O) groups excluding carboxylic acids is 1. The van der Waals surface area contributed by atoms with Crippen LogP contribution in [0.1, 0.15) is 5.56 Å². The Morgan fingerprint density at radius 1 is 1.28 bits per heavy atom. The van der Waals surface area contributed by atoms with Crippen LogP contribution in [0.15, 0.2) is 55.2 Å². The summed E-state index contributed by atoms with van der Waals surface area (Å²) in [4.78, 5) is 17.2. The quantitative estimate of drug-likeness (QED) is 0.543. The first kappa shape index (κ1) is 18.5. The van der Waals surface area contributed by atoms with E-state index in [9.17, 15) is 4.79 Å². The largest absolute Gasteiger partial charge is 0.495 e. The fraction of sp³-hybridized carbons (Fsp3) is 0.0588. The summed E-state index contributed by atoms with van der Waals surface area (Å²) in [6.45, 7) is 0. The van der Waals surface area contributed by atoms with E-state index in [0.717, 1.165) is 14.5 Å². The number of methoxy groups -OCH3 is 1. The number of nitrogens with one attached hydrogen (secondary N) is 1. The molecule has 1 amide bonds. The van der Waals surface area contributed by atoms with Crippen LogP contribution in [0.2, 0.25) is 5.02 Å². The molecule has 1 aliphatic heterocycles. The first-order chi connectivity index (χ1) is 12.0. The van der Waals surface area contributed by atoms with Gasteiger partial charge in [0.1, 0.15) is 5.75 Å². The van der Waals surface area contributed by atoms with Gasteiger partial charge in [-0.05, 0) is 58.0 Å². The van der Waals surface area contributed by atoms with Crippen molar-refractivity contribution >= 4 is 78.1 Å². The van der Waals surface area contributed by atoms with Crippen molar-refractivity contribution in [1.29, 1.82) is 0 Å². The van der Waals surface area contributed by atoms with Crippen molar-refractivity contribution in [3.05, 3.63) is 60.8 Å². The summed E-state index contributed by atoms with van der Waals surface area (Å²) in [7, 11) is 1.59. The highest BCUT2D eigenvalue weighted by molar-refractivity contribution is 9.11. The number of hydrogen-bond acceptors (Lipinski definition) is 4. The third-order valence-corrected chi connectivity index (χ3v) is 5.53. The Hall–Kier alpha value is -1.28. The van der Waals surface area contributed by atoms with Gasteiger partial charge in [-0.2, -0.15) is 0 Å². The molecule has 0 unspecified atom stereocenters. The lowest BCUT2D eigenvalue weighted by atomic mass is 10.2. The second kappa shape index (κ2) is 7.95. The molecule has 0 aromatic heterocycles. The van der Waals surface area contributed by atoms with Crippen molar-refractivity contribution in [2.24, 2.45) is 4.99 Å². The van der Waals surface area contributed by atoms with Gasteiger partial charge in [0.25, 0.3) is 5.91 Å². The number of hydrogen-bond donors (Lipinski definition) is 1. The van der Waals surface area contributed by atoms with E-state index < -0.39 is 0 Å². The Morgan fingerprint density at radius 2 is 2.04 bits per heavy atom. The fourth-order valence-corrected chi connectivity index (χ4v) is 4.60. The fourth-order valence-electron chi connectivity index (χ4n) is 2.18. The molecule has 0 atom stereocenters. The van der Waals surface area contributed by atoms with E-state index in [-0.39, 0.29) is 5.91 Å². The SMILES string of the molecule is COc1c(Br)cc(Br)cc1C=C1SC(=Nc2ccccc2Cl)NC1=O. The van der Waals surface area contributed by atoms with Crippen molar-refractivity contribution < 1.29 is 9.53 Å². The van der Waals surface area contributed by atoms with Gasteiger partial charge in [-0.1, -0.05) is 39.7 Å². The van der Waals surface area contributed by atoms with Crippen LogP contribution >= 0.6 is 55.2 Å². The van der Waals surface area contributed by atoms with E-state index in [4.69, 9.17) is 16.3 Å². The highest BCUT2D eigenvalue weighted by Crippen LogP contribution is 2.37. The molecule has 2 aromatic rings. The van der Waals surface area contributed by atoms with Crippen molar-refractivity contribution in [3.63, 3.8) is 0 Å². The normalized spacial score (nSPS) is 17.2. The number of halogens is 3. The molecule has 0 aliphatic carbocycles. The number of rotatable bonds is 3. The molecule has 3 rings (SSSR count). The Labute approximate surface area is 170 Å². The number of aliphatic imine (C=N–C) groups is 1. The van der Waals surface area contributed by atoms with Crippen molar-refractivity contribution in [1.82, 2.24) is 5.32 Å². The van der Waals surface area contributed by atoms with Crippen molar-refractivity contribution in [3.8, 4) is 5.75 Å². The number of para-hydroxylation sites is 1. The predicted octanol–water partition coefficient (Wildman–Crippen LogP) is 5.77. The molecule has 0 radical (unpaired) electrons. The molecule has 25 heavy (non-hydrogen) atoms. The molecule has 1 N–H and O–H groups in total. The lowest BCUT2D eigenvalue weighted by Crippen LogP contribution is -2.19. The van der Waals surface area contributed by atoms with Crippen LogP contribution in [0.3, 0.4) is 0 Å². The molecule has 0 bridgehead atoms. The van der Waals surface area contributed by atoms with Crippen LogP contribution in [0, 0.1) is 0 Å². The molecule has 2 aromatic carbocycles. The van der Waals surface area contributed by atoms with Crippen LogP contribution in [0.25, 0.3) is 6.08 Å². The van der Waals surface area contributed by atoms with Gasteiger partial charge in [-0.3, -0.25) is 4.79 Å². The van der Waals surface area contributed by atoms with E-state index in [1.165, 1.54) is 11.8 Å². The minimum atomic E-state index is -0.214. The van der Waals surface area contributed by atoms with E-state index >= 15 is 0 Å². The van der Waals surface area contributed by atoms with Gasteiger partial charge in [0.15, 0.2) is 5.17 Å². The minimum absolute atomic E-state index is 0.214. The van der Waals surface area contributed by atoms with E-state index in [1.54, 1.807) is 25.3 Å². The van der Waals surface area contributed by atoms with Gasteiger partial charge < -0.3 is 10.1 Å². The highest BCUT2D eigenvalue weighted by Gasteiger charge is 2.25. The zero-order chi connectivity index (χ0) is 18.0. The van der Waals surface area contributed by atoms with Crippen LogP contribution in [0.4, 0.5) is 5.69 Å². The van der Waals surface area contributed by atoms with Crippen molar-refractivity contribution in [2.45, 2.75) is 0 Å². The second-order valence-corrected chi connectivity index (χ2v) is 8.15. The summed E-state index contributed by atoms with van der Waals surface area (Å²) in [5.74, 6) is 0.439. The molecule has 0 saturated carbocycles. The second-order valence-electron chi connectivity index (χ2n) is 4.94. The Bertz CT molecular complexity index is 916. The lowest BCUT2D eigenvalue weighted by Gasteiger charge is -2.08. The average Bonchev–Trinajstić information content (AvgIpc) is 2.89. The van der Waals surface area contributed by atoms with Crippen LogP contribution < -0.4 is 10.1 Å². The monoisotopic (exact) mass is 500 g/mol. The number of carbonyl (C=O) groups is 1. The van der Waals surface area contributed by atoms with Crippen LogP contribution in [0.5, 0.6) is 5.75 Å². The first-order valence-corrected chi connectivity index (χ1v) is 9.83. The standard InChI is InChI=1S/C17H11Br2ClN2O2S/c1-24-15-9(6-10(18)8-11(15)19)7-14-16(23)22-17(25-14)21-13-5-3-2-4-12(13)20/h2-8H,1H3,(H,21,22,23). The van der Waals surface area contributed by atoms with E-state index in [0.29, 0.717) is 26.5 Å². The Kier molecular flexibility index (Phi) is 5.89. The van der Waals surface area contributed by atoms with Gasteiger partial charge in [-0.25, -0.2) is 4.99 Å². The minimum Gasteiger partial charge on any atom is -0.495 e. The topological polar surface area (TPSA) is 50.7 Å². The van der Waals surface area contributed by atoms with Gasteiger partial charge >= 0.3 is 0 Å². The average molecular weight is 503 g/mol. The maximum absolute atomic E-state index is 12.3. The molecular formula is C17H11Br2ClN2O2S. The maximum atomic E-state index is 12.3. The number of thioether (sulfide) groups is 1. The summed E-state index contributed by atoms with van der Waals surface area (Å²) >= 11 is 14.3. The van der Waals surface area contributed by atoms with E-state index in [1.807, 2.05) is 24.3 Å². The van der Waals surface area contributed by atoms with Gasteiger partial charge in [-0.15, -0.1) is 0 Å². The number of ether oxygens (including phenoxy) is 1. The molecule has 1 fully saturated rings. The summed E-state index contributed by atoms with van der Waals surface area (Å²) in [5, 5.41) is 3.76. The lowest BCUT2D eigenvalue weighted by molar-refractivity contribution is -0.115. The Morgan fingerprint density at radius 3 is 2.76 bits per heavy atom. The molecule has 0 spiro atoms. The number of amidine groups is 1. The smallest absolute Gasteiger partial charge is 0.264 e. The van der Waals surface area contributed by atoms with Gasteiger partial charge in [0.05, 0.1) is 27.2 Å². The molecule has 1 saturated heterocycles.